The van der Waals surface area contributed by atoms with Gasteiger partial charge in [0.2, 0.25) is 0 Å². The van der Waals surface area contributed by atoms with Crippen LogP contribution in [-0.4, -0.2) is 58.1 Å². The molecular formula is C15H22N2O3. The Kier molecular flexibility index (Phi) is 4.49. The van der Waals surface area contributed by atoms with Crippen molar-refractivity contribution in [2.75, 3.05) is 26.2 Å². The third kappa shape index (κ3) is 2.88. The van der Waals surface area contributed by atoms with E-state index in [0.717, 1.165) is 19.5 Å². The van der Waals surface area contributed by atoms with Gasteiger partial charge in [-0.3, -0.25) is 9.69 Å². The first-order valence-electron chi connectivity index (χ1n) is 7.08. The number of hydrogen-bond donors (Lipinski definition) is 2. The molecule has 1 unspecified atom stereocenters. The maximum atomic E-state index is 12.4. The monoisotopic (exact) mass is 278 g/mol. The van der Waals surface area contributed by atoms with Crippen molar-refractivity contribution in [3.05, 3.63) is 23.8 Å². The van der Waals surface area contributed by atoms with Gasteiger partial charge in [-0.1, -0.05) is 13.0 Å². The van der Waals surface area contributed by atoms with E-state index in [2.05, 4.69) is 18.7 Å². The third-order valence-corrected chi connectivity index (χ3v) is 4.06. The van der Waals surface area contributed by atoms with Crippen LogP contribution in [0.3, 0.4) is 0 Å². The Labute approximate surface area is 119 Å². The molecule has 20 heavy (non-hydrogen) atoms. The molecule has 0 saturated carbocycles. The van der Waals surface area contributed by atoms with Crippen molar-refractivity contribution in [1.29, 1.82) is 0 Å². The lowest BCUT2D eigenvalue weighted by atomic mass is 10.1. The highest BCUT2D eigenvalue weighted by Gasteiger charge is 2.26. The summed E-state index contributed by atoms with van der Waals surface area (Å²) >= 11 is 0. The van der Waals surface area contributed by atoms with E-state index in [0.29, 0.717) is 19.1 Å². The second kappa shape index (κ2) is 6.13. The summed E-state index contributed by atoms with van der Waals surface area (Å²) in [5.41, 5.74) is 0.169. The highest BCUT2D eigenvalue weighted by molar-refractivity contribution is 5.97. The van der Waals surface area contributed by atoms with E-state index in [1.807, 2.05) is 0 Å². The summed E-state index contributed by atoms with van der Waals surface area (Å²) in [4.78, 5) is 16.5. The molecule has 2 N–H and O–H groups in total. The van der Waals surface area contributed by atoms with E-state index in [1.165, 1.54) is 6.07 Å². The van der Waals surface area contributed by atoms with E-state index in [4.69, 9.17) is 0 Å². The minimum absolute atomic E-state index is 0.169. The first-order chi connectivity index (χ1) is 9.54. The summed E-state index contributed by atoms with van der Waals surface area (Å²) in [6, 6.07) is 5.00. The molecule has 1 heterocycles. The van der Waals surface area contributed by atoms with E-state index in [1.54, 1.807) is 17.0 Å². The summed E-state index contributed by atoms with van der Waals surface area (Å²) in [5, 5.41) is 19.2. The van der Waals surface area contributed by atoms with Crippen LogP contribution in [0.15, 0.2) is 18.2 Å². The van der Waals surface area contributed by atoms with Gasteiger partial charge in [0, 0.05) is 32.2 Å². The van der Waals surface area contributed by atoms with Gasteiger partial charge < -0.3 is 15.1 Å². The Morgan fingerprint density at radius 3 is 2.50 bits per heavy atom. The minimum Gasteiger partial charge on any atom is -0.504 e. The van der Waals surface area contributed by atoms with Crippen molar-refractivity contribution in [3.8, 4) is 11.5 Å². The van der Waals surface area contributed by atoms with Gasteiger partial charge in [-0.2, -0.15) is 0 Å². The van der Waals surface area contributed by atoms with Crippen LogP contribution in [0.1, 0.15) is 30.6 Å². The number of para-hydroxylation sites is 1. The second-order valence-corrected chi connectivity index (χ2v) is 5.26. The molecule has 1 aromatic rings. The fraction of sp³-hybridized carbons (Fsp3) is 0.533. The summed E-state index contributed by atoms with van der Waals surface area (Å²) in [6.45, 7) is 7.35. The standard InChI is InChI=1S/C15H22N2O3/c1-3-11(2)16-7-9-17(10-8-16)15(20)12-5-4-6-13(18)14(12)19/h4-6,11,18-19H,3,7-10H2,1-2H3. The van der Waals surface area contributed by atoms with Crippen molar-refractivity contribution in [2.24, 2.45) is 0 Å². The maximum Gasteiger partial charge on any atom is 0.257 e. The Bertz CT molecular complexity index is 482. The SMILES string of the molecule is CCC(C)N1CCN(C(=O)c2cccc(O)c2O)CC1. The Morgan fingerprint density at radius 1 is 1.25 bits per heavy atom. The van der Waals surface area contributed by atoms with E-state index >= 15 is 0 Å². The molecule has 0 bridgehead atoms. The highest BCUT2D eigenvalue weighted by Crippen LogP contribution is 2.29. The summed E-state index contributed by atoms with van der Waals surface area (Å²) < 4.78 is 0. The van der Waals surface area contributed by atoms with Crippen LogP contribution >= 0.6 is 0 Å². The van der Waals surface area contributed by atoms with Crippen LogP contribution in [0.5, 0.6) is 11.5 Å². The van der Waals surface area contributed by atoms with Gasteiger partial charge in [-0.25, -0.2) is 0 Å². The molecule has 1 atom stereocenters. The Hall–Kier alpha value is -1.75. The van der Waals surface area contributed by atoms with Crippen molar-refractivity contribution < 1.29 is 15.0 Å². The zero-order valence-corrected chi connectivity index (χ0v) is 12.0. The lowest BCUT2D eigenvalue weighted by Gasteiger charge is -2.37. The lowest BCUT2D eigenvalue weighted by Crippen LogP contribution is -2.51. The van der Waals surface area contributed by atoms with Crippen LogP contribution in [0.2, 0.25) is 0 Å². The molecule has 0 aliphatic carbocycles. The van der Waals surface area contributed by atoms with Gasteiger partial charge in [0.1, 0.15) is 0 Å². The number of phenols is 2. The van der Waals surface area contributed by atoms with Crippen LogP contribution in [0.25, 0.3) is 0 Å². The normalized spacial score (nSPS) is 18.0. The van der Waals surface area contributed by atoms with Gasteiger partial charge in [0.25, 0.3) is 5.91 Å². The number of piperazine rings is 1. The van der Waals surface area contributed by atoms with E-state index in [9.17, 15) is 15.0 Å². The summed E-state index contributed by atoms with van der Waals surface area (Å²) in [5.74, 6) is -0.807. The zero-order chi connectivity index (χ0) is 14.7. The molecule has 5 heteroatoms. The number of carbonyl (C=O) groups excluding carboxylic acids is 1. The molecule has 1 amide bonds. The van der Waals surface area contributed by atoms with Crippen LogP contribution in [0.4, 0.5) is 0 Å². The maximum absolute atomic E-state index is 12.4. The molecule has 110 valence electrons. The molecule has 1 fully saturated rings. The largest absolute Gasteiger partial charge is 0.504 e. The van der Waals surface area contributed by atoms with Crippen LogP contribution < -0.4 is 0 Å². The Morgan fingerprint density at radius 2 is 1.90 bits per heavy atom. The molecular weight excluding hydrogens is 256 g/mol. The smallest absolute Gasteiger partial charge is 0.257 e. The van der Waals surface area contributed by atoms with Crippen LogP contribution in [0, 0.1) is 0 Å². The highest BCUT2D eigenvalue weighted by atomic mass is 16.3. The van der Waals surface area contributed by atoms with Crippen molar-refractivity contribution >= 4 is 5.91 Å². The van der Waals surface area contributed by atoms with Gasteiger partial charge >= 0.3 is 0 Å². The lowest BCUT2D eigenvalue weighted by molar-refractivity contribution is 0.0576. The van der Waals surface area contributed by atoms with Crippen LogP contribution in [-0.2, 0) is 0 Å². The van der Waals surface area contributed by atoms with Crippen molar-refractivity contribution in [3.63, 3.8) is 0 Å². The Balaban J connectivity index is 2.03. The molecule has 1 aromatic carbocycles. The predicted molar refractivity (Wildman–Crippen MR) is 77.0 cm³/mol. The number of hydrogen-bond acceptors (Lipinski definition) is 4. The average Bonchev–Trinajstić information content (AvgIpc) is 2.48. The molecule has 5 nitrogen and oxygen atoms in total. The van der Waals surface area contributed by atoms with Gasteiger partial charge in [0.15, 0.2) is 11.5 Å². The number of rotatable bonds is 3. The molecule has 2 rings (SSSR count). The molecule has 0 aromatic heterocycles. The molecule has 1 aliphatic heterocycles. The number of carbonyl (C=O) groups is 1. The van der Waals surface area contributed by atoms with Gasteiger partial charge in [-0.15, -0.1) is 0 Å². The fourth-order valence-electron chi connectivity index (χ4n) is 2.50. The summed E-state index contributed by atoms with van der Waals surface area (Å²) in [7, 11) is 0. The first kappa shape index (κ1) is 14.7. The quantitative estimate of drug-likeness (QED) is 0.825. The molecule has 0 spiro atoms. The first-order valence-corrected chi connectivity index (χ1v) is 7.08. The van der Waals surface area contributed by atoms with Crippen molar-refractivity contribution in [2.45, 2.75) is 26.3 Å². The third-order valence-electron chi connectivity index (χ3n) is 4.06. The summed E-state index contributed by atoms with van der Waals surface area (Å²) in [6.07, 6.45) is 1.10. The average molecular weight is 278 g/mol. The number of amides is 1. The fourth-order valence-corrected chi connectivity index (χ4v) is 2.50. The minimum atomic E-state index is -0.332. The van der Waals surface area contributed by atoms with Gasteiger partial charge in [0.05, 0.1) is 5.56 Å². The zero-order valence-electron chi connectivity index (χ0n) is 12.0. The molecule has 0 radical (unpaired) electrons. The number of benzene rings is 1. The molecule has 1 saturated heterocycles. The number of aromatic hydroxyl groups is 2. The predicted octanol–water partition coefficient (Wildman–Crippen LogP) is 1.65. The van der Waals surface area contributed by atoms with Gasteiger partial charge in [-0.05, 0) is 25.5 Å². The second-order valence-electron chi connectivity index (χ2n) is 5.26. The number of phenolic OH excluding ortho intramolecular Hbond substituents is 2. The van der Waals surface area contributed by atoms with E-state index < -0.39 is 0 Å². The topological polar surface area (TPSA) is 64.0 Å². The molecule has 1 aliphatic rings. The van der Waals surface area contributed by atoms with E-state index in [-0.39, 0.29) is 23.0 Å². The number of nitrogens with zero attached hydrogens (tertiary/aromatic N) is 2. The van der Waals surface area contributed by atoms with Crippen molar-refractivity contribution in [1.82, 2.24) is 9.80 Å².